The number of amides is 1. The molecule has 0 radical (unpaired) electrons. The van der Waals surface area contributed by atoms with E-state index < -0.39 is 4.92 Å². The number of ether oxygens (including phenoxy) is 1. The van der Waals surface area contributed by atoms with Gasteiger partial charge in [0.2, 0.25) is 0 Å². The van der Waals surface area contributed by atoms with Crippen LogP contribution in [-0.4, -0.2) is 53.5 Å². The van der Waals surface area contributed by atoms with Gasteiger partial charge in [-0.3, -0.25) is 14.9 Å². The summed E-state index contributed by atoms with van der Waals surface area (Å²) in [7, 11) is 0. The molecule has 4 rings (SSSR count). The molecule has 0 N–H and O–H groups in total. The Hall–Kier alpha value is -3.20. The molecule has 1 saturated heterocycles. The molecule has 3 aromatic rings. The molecule has 8 nitrogen and oxygen atoms in total. The molecule has 1 fully saturated rings. The van der Waals surface area contributed by atoms with Gasteiger partial charge in [0.15, 0.2) is 5.13 Å². The molecule has 1 amide bonds. The Morgan fingerprint density at radius 1 is 1.17 bits per heavy atom. The van der Waals surface area contributed by atoms with Crippen molar-refractivity contribution in [1.82, 2.24) is 9.88 Å². The number of carbonyl (C=O) groups is 1. The van der Waals surface area contributed by atoms with Gasteiger partial charge >= 0.3 is 0 Å². The number of carbonyl (C=O) groups excluding carboxylic acids is 1. The Labute approximate surface area is 171 Å². The zero-order chi connectivity index (χ0) is 20.4. The average molecular weight is 412 g/mol. The molecule has 150 valence electrons. The smallest absolute Gasteiger partial charge is 0.282 e. The zero-order valence-electron chi connectivity index (χ0n) is 15.9. The molecule has 2 heterocycles. The number of nitro benzene ring substituents is 1. The number of benzene rings is 2. The van der Waals surface area contributed by atoms with Crippen LogP contribution in [0.15, 0.2) is 42.5 Å². The molecule has 0 atom stereocenters. The van der Waals surface area contributed by atoms with Crippen LogP contribution in [0, 0.1) is 10.1 Å². The summed E-state index contributed by atoms with van der Waals surface area (Å²) >= 11 is 1.60. The molecule has 0 spiro atoms. The van der Waals surface area contributed by atoms with E-state index in [-0.39, 0.29) is 17.2 Å². The van der Waals surface area contributed by atoms with Crippen molar-refractivity contribution in [2.45, 2.75) is 6.92 Å². The first-order valence-corrected chi connectivity index (χ1v) is 10.2. The van der Waals surface area contributed by atoms with Crippen LogP contribution in [0.4, 0.5) is 10.8 Å². The van der Waals surface area contributed by atoms with Crippen LogP contribution in [0.2, 0.25) is 0 Å². The Balaban J connectivity index is 1.49. The van der Waals surface area contributed by atoms with Gasteiger partial charge in [0.25, 0.3) is 11.6 Å². The molecule has 1 aromatic heterocycles. The maximum atomic E-state index is 12.8. The van der Waals surface area contributed by atoms with E-state index in [0.717, 1.165) is 21.1 Å². The second-order valence-corrected chi connectivity index (χ2v) is 7.59. The van der Waals surface area contributed by atoms with Gasteiger partial charge in [-0.15, -0.1) is 0 Å². The van der Waals surface area contributed by atoms with Crippen molar-refractivity contribution in [2.24, 2.45) is 0 Å². The van der Waals surface area contributed by atoms with Crippen molar-refractivity contribution in [1.29, 1.82) is 0 Å². The van der Waals surface area contributed by atoms with Crippen molar-refractivity contribution < 1.29 is 14.5 Å². The van der Waals surface area contributed by atoms with Crippen LogP contribution in [0.25, 0.3) is 10.2 Å². The molecular weight excluding hydrogens is 392 g/mol. The van der Waals surface area contributed by atoms with Gasteiger partial charge in [-0.2, -0.15) is 0 Å². The number of hydrogen-bond donors (Lipinski definition) is 0. The molecular formula is C20H20N4O4S. The number of nitro groups is 1. The zero-order valence-corrected chi connectivity index (χ0v) is 16.7. The van der Waals surface area contributed by atoms with Crippen molar-refractivity contribution in [3.63, 3.8) is 0 Å². The van der Waals surface area contributed by atoms with Crippen molar-refractivity contribution in [3.8, 4) is 5.75 Å². The number of aromatic nitrogens is 1. The molecule has 9 heteroatoms. The molecule has 0 unspecified atom stereocenters. The Bertz CT molecular complexity index is 1060. The van der Waals surface area contributed by atoms with E-state index in [2.05, 4.69) is 4.90 Å². The molecule has 0 aliphatic carbocycles. The summed E-state index contributed by atoms with van der Waals surface area (Å²) in [6, 6.07) is 12.0. The first-order valence-electron chi connectivity index (χ1n) is 9.38. The van der Waals surface area contributed by atoms with Gasteiger partial charge in [0.05, 0.1) is 16.2 Å². The lowest BCUT2D eigenvalue weighted by Gasteiger charge is -2.34. The quantitative estimate of drug-likeness (QED) is 0.470. The molecule has 29 heavy (non-hydrogen) atoms. The first kappa shape index (κ1) is 19.1. The van der Waals surface area contributed by atoms with E-state index >= 15 is 0 Å². The second-order valence-electron chi connectivity index (χ2n) is 6.59. The van der Waals surface area contributed by atoms with Crippen molar-refractivity contribution >= 4 is 38.3 Å². The fraction of sp³-hybridized carbons (Fsp3) is 0.300. The van der Waals surface area contributed by atoms with Crippen LogP contribution >= 0.6 is 11.3 Å². The average Bonchev–Trinajstić information content (AvgIpc) is 3.19. The van der Waals surface area contributed by atoms with Crippen LogP contribution in [-0.2, 0) is 0 Å². The van der Waals surface area contributed by atoms with E-state index in [1.807, 2.05) is 25.1 Å². The standard InChI is InChI=1S/C20H20N4O4S/c1-2-28-16-8-5-9-17-18(16)21-20(29-17)23-12-10-22(11-13-23)19(25)14-6-3-4-7-15(14)24(26)27/h3-9H,2,10-13H2,1H3. The minimum Gasteiger partial charge on any atom is -0.492 e. The molecule has 0 saturated carbocycles. The highest BCUT2D eigenvalue weighted by Crippen LogP contribution is 2.34. The van der Waals surface area contributed by atoms with Gasteiger partial charge < -0.3 is 14.5 Å². The summed E-state index contributed by atoms with van der Waals surface area (Å²) in [6.07, 6.45) is 0. The number of thiazole rings is 1. The normalized spacial score (nSPS) is 14.2. The Kier molecular flexibility index (Phi) is 5.30. The van der Waals surface area contributed by atoms with Gasteiger partial charge in [0, 0.05) is 32.2 Å². The number of hydrogen-bond acceptors (Lipinski definition) is 7. The number of rotatable bonds is 5. The summed E-state index contributed by atoms with van der Waals surface area (Å²) in [5.41, 5.74) is 0.828. The second kappa shape index (κ2) is 8.04. The summed E-state index contributed by atoms with van der Waals surface area (Å²) < 4.78 is 6.73. The van der Waals surface area contributed by atoms with Crippen molar-refractivity contribution in [2.75, 3.05) is 37.7 Å². The van der Waals surface area contributed by atoms with Crippen LogP contribution in [0.1, 0.15) is 17.3 Å². The predicted molar refractivity (Wildman–Crippen MR) is 112 cm³/mol. The van der Waals surface area contributed by atoms with Gasteiger partial charge in [0.1, 0.15) is 16.8 Å². The number of nitrogens with zero attached hydrogens (tertiary/aromatic N) is 4. The van der Waals surface area contributed by atoms with Crippen LogP contribution < -0.4 is 9.64 Å². The van der Waals surface area contributed by atoms with Crippen LogP contribution in [0.5, 0.6) is 5.75 Å². The van der Waals surface area contributed by atoms with Gasteiger partial charge in [-0.25, -0.2) is 4.98 Å². The lowest BCUT2D eigenvalue weighted by Crippen LogP contribution is -2.48. The Morgan fingerprint density at radius 2 is 1.93 bits per heavy atom. The molecule has 0 bridgehead atoms. The van der Waals surface area contributed by atoms with E-state index in [1.165, 1.54) is 12.1 Å². The number of anilines is 1. The lowest BCUT2D eigenvalue weighted by molar-refractivity contribution is -0.385. The van der Waals surface area contributed by atoms with Gasteiger partial charge in [-0.1, -0.05) is 29.5 Å². The predicted octanol–water partition coefficient (Wildman–Crippen LogP) is 3.57. The highest BCUT2D eigenvalue weighted by atomic mass is 32.1. The SMILES string of the molecule is CCOc1cccc2sc(N3CCN(C(=O)c4ccccc4[N+](=O)[O-])CC3)nc12. The minimum absolute atomic E-state index is 0.132. The maximum Gasteiger partial charge on any atom is 0.282 e. The lowest BCUT2D eigenvalue weighted by atomic mass is 10.1. The highest BCUT2D eigenvalue weighted by Gasteiger charge is 2.28. The fourth-order valence-corrected chi connectivity index (χ4v) is 4.44. The molecule has 1 aliphatic heterocycles. The maximum absolute atomic E-state index is 12.8. The number of fused-ring (bicyclic) bond motifs is 1. The van der Waals surface area contributed by atoms with E-state index in [1.54, 1.807) is 28.4 Å². The molecule has 2 aromatic carbocycles. The monoisotopic (exact) mass is 412 g/mol. The molecule has 1 aliphatic rings. The summed E-state index contributed by atoms with van der Waals surface area (Å²) in [4.78, 5) is 32.1. The van der Waals surface area contributed by atoms with Crippen molar-refractivity contribution in [3.05, 3.63) is 58.1 Å². The van der Waals surface area contributed by atoms with E-state index in [4.69, 9.17) is 9.72 Å². The van der Waals surface area contributed by atoms with Crippen LogP contribution in [0.3, 0.4) is 0 Å². The first-order chi connectivity index (χ1) is 14.1. The third-order valence-electron chi connectivity index (χ3n) is 4.84. The number of para-hydroxylation sites is 2. The highest BCUT2D eigenvalue weighted by molar-refractivity contribution is 7.22. The fourth-order valence-electron chi connectivity index (χ4n) is 3.40. The topological polar surface area (TPSA) is 88.8 Å². The number of piperazine rings is 1. The minimum atomic E-state index is -0.513. The third kappa shape index (κ3) is 3.73. The summed E-state index contributed by atoms with van der Waals surface area (Å²) in [6.45, 7) is 4.74. The summed E-state index contributed by atoms with van der Waals surface area (Å²) in [5.74, 6) is 0.470. The van der Waals surface area contributed by atoms with E-state index in [0.29, 0.717) is 32.8 Å². The summed E-state index contributed by atoms with van der Waals surface area (Å²) in [5, 5.41) is 12.1. The van der Waals surface area contributed by atoms with Gasteiger partial charge in [-0.05, 0) is 25.1 Å². The van der Waals surface area contributed by atoms with E-state index in [9.17, 15) is 14.9 Å². The third-order valence-corrected chi connectivity index (χ3v) is 5.92. The Morgan fingerprint density at radius 3 is 2.66 bits per heavy atom. The largest absolute Gasteiger partial charge is 0.492 e.